The normalized spacial score (nSPS) is 8.89. The van der Waals surface area contributed by atoms with Crippen LogP contribution in [0.15, 0.2) is 12.4 Å². The predicted octanol–water partition coefficient (Wildman–Crippen LogP) is 2.61. The molecule has 6 heteroatoms. The molecule has 0 aromatic rings. The number of rotatable bonds is 0. The lowest BCUT2D eigenvalue weighted by Crippen LogP contribution is -2.05. The van der Waals surface area contributed by atoms with Gasteiger partial charge in [0, 0.05) is 0 Å². The molecule has 0 saturated carbocycles. The third kappa shape index (κ3) is 7.68. The molecule has 0 bridgehead atoms. The Morgan fingerprint density at radius 1 is 1.22 bits per heavy atom. The summed E-state index contributed by atoms with van der Waals surface area (Å²) in [5, 5.41) is 0. The molecule has 0 amide bonds. The van der Waals surface area contributed by atoms with E-state index in [1.807, 2.05) is 6.58 Å². The van der Waals surface area contributed by atoms with E-state index in [4.69, 9.17) is 0 Å². The van der Waals surface area contributed by atoms with E-state index in [9.17, 15) is 17.6 Å². The van der Waals surface area contributed by atoms with Crippen LogP contribution in [-0.4, -0.2) is 6.18 Å². The van der Waals surface area contributed by atoms with Crippen LogP contribution in [0.1, 0.15) is 0 Å². The topological polar surface area (TPSA) is 0 Å². The highest BCUT2D eigenvalue weighted by Gasteiger charge is 2.32. The Morgan fingerprint density at radius 3 is 1.33 bits per heavy atom. The number of alkyl halides is 3. The molecular weight excluding hydrogens is 166 g/mol. The SMILES string of the molecule is C=C(F)C(F)(F)F.Cl.F. The molecule has 0 aromatic carbocycles. The van der Waals surface area contributed by atoms with E-state index in [0.717, 1.165) is 0 Å². The molecule has 0 atom stereocenters. The van der Waals surface area contributed by atoms with Gasteiger partial charge in [-0.05, 0) is 0 Å². The lowest BCUT2D eigenvalue weighted by atomic mass is 10.6. The van der Waals surface area contributed by atoms with E-state index in [1.165, 1.54) is 0 Å². The van der Waals surface area contributed by atoms with Crippen LogP contribution in [0.2, 0.25) is 0 Å². The highest BCUT2D eigenvalue weighted by atomic mass is 35.5. The Bertz CT molecular complexity index is 84.7. The zero-order valence-corrected chi connectivity index (χ0v) is 4.85. The van der Waals surface area contributed by atoms with E-state index in [-0.39, 0.29) is 17.1 Å². The predicted molar refractivity (Wildman–Crippen MR) is 26.1 cm³/mol. The number of allylic oxidation sites excluding steroid dienone is 1. The second-order valence-corrected chi connectivity index (χ2v) is 0.903. The minimum atomic E-state index is -4.86. The maximum Gasteiger partial charge on any atom is 0.442 e. The number of hydrogen-bond acceptors (Lipinski definition) is 0. The third-order valence-corrected chi connectivity index (χ3v) is 0.308. The van der Waals surface area contributed by atoms with Crippen molar-refractivity contribution in [1.82, 2.24) is 0 Å². The van der Waals surface area contributed by atoms with Gasteiger partial charge in [0.2, 0.25) is 0 Å². The number of halogens is 6. The molecule has 0 aromatic heterocycles. The van der Waals surface area contributed by atoms with E-state index in [2.05, 4.69) is 0 Å². The summed E-state index contributed by atoms with van der Waals surface area (Å²) < 4.78 is 43.0. The quantitative estimate of drug-likeness (QED) is 0.490. The summed E-state index contributed by atoms with van der Waals surface area (Å²) in [5.74, 6) is -2.26. The summed E-state index contributed by atoms with van der Waals surface area (Å²) in [6, 6.07) is 0. The first-order valence-electron chi connectivity index (χ1n) is 1.36. The van der Waals surface area contributed by atoms with E-state index in [1.54, 1.807) is 0 Å². The number of hydrogen-bond donors (Lipinski definition) is 0. The van der Waals surface area contributed by atoms with Gasteiger partial charge in [-0.1, -0.05) is 6.58 Å². The van der Waals surface area contributed by atoms with Crippen LogP contribution in [0.25, 0.3) is 0 Å². The van der Waals surface area contributed by atoms with Gasteiger partial charge >= 0.3 is 6.18 Å². The van der Waals surface area contributed by atoms with Crippen molar-refractivity contribution in [2.75, 3.05) is 0 Å². The summed E-state index contributed by atoms with van der Waals surface area (Å²) >= 11 is 0. The van der Waals surface area contributed by atoms with Crippen molar-refractivity contribution >= 4 is 12.4 Å². The van der Waals surface area contributed by atoms with Crippen molar-refractivity contribution in [3.05, 3.63) is 12.4 Å². The highest BCUT2D eigenvalue weighted by molar-refractivity contribution is 5.85. The summed E-state index contributed by atoms with van der Waals surface area (Å²) in [6.45, 7) is 2.03. The van der Waals surface area contributed by atoms with Crippen LogP contribution in [0.3, 0.4) is 0 Å². The van der Waals surface area contributed by atoms with E-state index in [0.29, 0.717) is 0 Å². The van der Waals surface area contributed by atoms with Gasteiger partial charge < -0.3 is 0 Å². The molecule has 0 aliphatic rings. The first kappa shape index (κ1) is 15.9. The third-order valence-electron chi connectivity index (χ3n) is 0.308. The maximum atomic E-state index is 10.9. The van der Waals surface area contributed by atoms with Crippen LogP contribution in [0.4, 0.5) is 22.3 Å². The van der Waals surface area contributed by atoms with Gasteiger partial charge in [0.1, 0.15) is 0 Å². The molecule has 0 aliphatic heterocycles. The van der Waals surface area contributed by atoms with Gasteiger partial charge in [-0.3, -0.25) is 4.70 Å². The van der Waals surface area contributed by atoms with Crippen molar-refractivity contribution in [2.24, 2.45) is 0 Å². The first-order chi connectivity index (χ1) is 2.94. The molecule has 0 rings (SSSR count). The summed E-state index contributed by atoms with van der Waals surface area (Å²) in [6.07, 6.45) is -4.86. The fraction of sp³-hybridized carbons (Fsp3) is 0.333. The molecule has 0 nitrogen and oxygen atoms in total. The second-order valence-electron chi connectivity index (χ2n) is 0.903. The second kappa shape index (κ2) is 4.55. The fourth-order valence-electron chi connectivity index (χ4n) is 0. The zero-order valence-electron chi connectivity index (χ0n) is 4.04. The average molecular weight is 171 g/mol. The Balaban J connectivity index is -0.000000180. The Kier molecular flexibility index (Phi) is 8.02. The van der Waals surface area contributed by atoms with Gasteiger partial charge in [-0.15, -0.1) is 12.4 Å². The summed E-state index contributed by atoms with van der Waals surface area (Å²) in [5.41, 5.74) is 0. The van der Waals surface area contributed by atoms with Crippen molar-refractivity contribution < 1.29 is 22.3 Å². The van der Waals surface area contributed by atoms with Crippen LogP contribution in [-0.2, 0) is 0 Å². The Hall–Kier alpha value is -0.320. The highest BCUT2D eigenvalue weighted by Crippen LogP contribution is 2.23. The molecule has 58 valence electrons. The smallest absolute Gasteiger partial charge is 0.269 e. The van der Waals surface area contributed by atoms with Crippen LogP contribution < -0.4 is 0 Å². The lowest BCUT2D eigenvalue weighted by molar-refractivity contribution is -0.108. The molecule has 9 heavy (non-hydrogen) atoms. The van der Waals surface area contributed by atoms with Gasteiger partial charge in [0.05, 0.1) is 0 Å². The molecule has 0 heterocycles. The average Bonchev–Trinajstić information content (AvgIpc) is 1.31. The Morgan fingerprint density at radius 2 is 1.33 bits per heavy atom. The zero-order chi connectivity index (χ0) is 6.08. The summed E-state index contributed by atoms with van der Waals surface area (Å²) in [4.78, 5) is 0. The Labute approximate surface area is 54.3 Å². The molecule has 0 unspecified atom stereocenters. The minimum absolute atomic E-state index is 0. The van der Waals surface area contributed by atoms with Crippen molar-refractivity contribution in [3.63, 3.8) is 0 Å². The van der Waals surface area contributed by atoms with E-state index >= 15 is 0 Å². The molecule has 0 N–H and O–H groups in total. The van der Waals surface area contributed by atoms with Crippen molar-refractivity contribution in [1.29, 1.82) is 0 Å². The minimum Gasteiger partial charge on any atom is -0.269 e. The molecule has 0 aliphatic carbocycles. The van der Waals surface area contributed by atoms with Crippen LogP contribution in [0, 0.1) is 0 Å². The standard InChI is InChI=1S/C3H2F4.ClH.FH/c1-2(4)3(5,6)7;;/h1H2;2*1H. The summed E-state index contributed by atoms with van der Waals surface area (Å²) in [7, 11) is 0. The molecule has 0 spiro atoms. The van der Waals surface area contributed by atoms with Crippen LogP contribution >= 0.6 is 12.4 Å². The molecule has 0 radical (unpaired) electrons. The largest absolute Gasteiger partial charge is 0.442 e. The monoisotopic (exact) mass is 170 g/mol. The molecule has 0 fully saturated rings. The van der Waals surface area contributed by atoms with Gasteiger partial charge in [-0.25, -0.2) is 4.39 Å². The van der Waals surface area contributed by atoms with Crippen LogP contribution in [0.5, 0.6) is 0 Å². The fourth-order valence-corrected chi connectivity index (χ4v) is 0. The van der Waals surface area contributed by atoms with Gasteiger partial charge in [0.25, 0.3) is 0 Å². The van der Waals surface area contributed by atoms with Crippen molar-refractivity contribution in [3.8, 4) is 0 Å². The van der Waals surface area contributed by atoms with E-state index < -0.39 is 12.0 Å². The lowest BCUT2D eigenvalue weighted by Gasteiger charge is -1.97. The van der Waals surface area contributed by atoms with Gasteiger partial charge in [-0.2, -0.15) is 13.2 Å². The van der Waals surface area contributed by atoms with Gasteiger partial charge in [0.15, 0.2) is 5.83 Å². The van der Waals surface area contributed by atoms with Crippen molar-refractivity contribution in [2.45, 2.75) is 6.18 Å². The molecular formula is C3H4ClF5. The molecule has 0 saturated heterocycles. The first-order valence-corrected chi connectivity index (χ1v) is 1.36. The maximum absolute atomic E-state index is 10.9.